The van der Waals surface area contributed by atoms with E-state index < -0.39 is 22.9 Å². The molecule has 0 bridgehead atoms. The average molecular weight is 221 g/mol. The van der Waals surface area contributed by atoms with Gasteiger partial charge < -0.3 is 0 Å². The first-order valence-electron chi connectivity index (χ1n) is 2.38. The van der Waals surface area contributed by atoms with E-state index in [0.717, 1.165) is 6.92 Å². The summed E-state index contributed by atoms with van der Waals surface area (Å²) in [6, 6.07) is 0. The predicted molar refractivity (Wildman–Crippen MR) is 33.7 cm³/mol. The molecular weight excluding hydrogens is 216 g/mol. The minimum atomic E-state index is -2.44. The second-order valence-electron chi connectivity index (χ2n) is 1.76. The zero-order valence-corrected chi connectivity index (χ0v) is 6.68. The lowest BCUT2D eigenvalue weighted by Gasteiger charge is -2.11. The number of rotatable bonds is 2. The number of hydrogen-bond donors (Lipinski definition) is 0. The van der Waals surface area contributed by atoms with Gasteiger partial charge in [0, 0.05) is 0 Å². The van der Waals surface area contributed by atoms with Crippen molar-refractivity contribution < 1.29 is 17.6 Å². The molecule has 0 aromatic rings. The van der Waals surface area contributed by atoms with E-state index in [9.17, 15) is 17.6 Å². The zero-order chi connectivity index (χ0) is 8.36. The third-order valence-corrected chi connectivity index (χ3v) is 1.37. The van der Waals surface area contributed by atoms with Crippen LogP contribution in [0.15, 0.2) is 11.7 Å². The van der Waals surface area contributed by atoms with Gasteiger partial charge >= 0.3 is 0 Å². The van der Waals surface area contributed by atoms with Crippen LogP contribution in [0.1, 0.15) is 6.92 Å². The molecule has 0 nitrogen and oxygen atoms in total. The summed E-state index contributed by atoms with van der Waals surface area (Å²) in [5.74, 6) is 0. The molecule has 0 aromatic heterocycles. The minimum Gasteiger partial charge on any atom is -0.246 e. The fourth-order valence-corrected chi connectivity index (χ4v) is 0.590. The van der Waals surface area contributed by atoms with Crippen molar-refractivity contribution in [1.29, 1.82) is 0 Å². The molecule has 0 aromatic carbocycles. The molecule has 10 heavy (non-hydrogen) atoms. The molecule has 1 unspecified atom stereocenters. The molecule has 0 aliphatic rings. The van der Waals surface area contributed by atoms with Crippen LogP contribution in [0.4, 0.5) is 17.6 Å². The van der Waals surface area contributed by atoms with Crippen LogP contribution in [0.3, 0.4) is 0 Å². The van der Waals surface area contributed by atoms with E-state index in [4.69, 9.17) is 0 Å². The van der Waals surface area contributed by atoms with E-state index >= 15 is 0 Å². The van der Waals surface area contributed by atoms with Gasteiger partial charge in [-0.05, 0) is 22.9 Å². The first-order chi connectivity index (χ1) is 4.39. The maximum Gasteiger partial charge on any atom is 0.276 e. The van der Waals surface area contributed by atoms with E-state index in [1.807, 2.05) is 0 Å². The van der Waals surface area contributed by atoms with Crippen LogP contribution in [-0.4, -0.2) is 11.3 Å². The number of alkyl halides is 3. The van der Waals surface area contributed by atoms with Gasteiger partial charge in [0.05, 0.1) is 5.57 Å². The van der Waals surface area contributed by atoms with Gasteiger partial charge in [-0.15, -0.1) is 0 Å². The minimum absolute atomic E-state index is 0.807. The molecule has 0 rings (SSSR count). The Morgan fingerprint density at radius 3 is 1.90 bits per heavy atom. The van der Waals surface area contributed by atoms with Crippen molar-refractivity contribution in [3.8, 4) is 0 Å². The van der Waals surface area contributed by atoms with Crippen molar-refractivity contribution >= 4 is 15.9 Å². The number of halogens is 5. The summed E-state index contributed by atoms with van der Waals surface area (Å²) < 4.78 is 44.7. The molecule has 0 N–H and O–H groups in total. The lowest BCUT2D eigenvalue weighted by molar-refractivity contribution is 0.310. The molecule has 0 aliphatic heterocycles. The Kier molecular flexibility index (Phi) is 3.35. The molecule has 0 heterocycles. The normalized spacial score (nSPS) is 16.2. The Hall–Kier alpha value is -0.0600. The summed E-state index contributed by atoms with van der Waals surface area (Å²) in [7, 11) is 0. The monoisotopic (exact) mass is 220 g/mol. The van der Waals surface area contributed by atoms with Crippen molar-refractivity contribution in [2.24, 2.45) is 0 Å². The first kappa shape index (κ1) is 9.94. The number of allylic oxidation sites excluding steroid dienone is 1. The van der Waals surface area contributed by atoms with Crippen molar-refractivity contribution in [3.63, 3.8) is 0 Å². The van der Waals surface area contributed by atoms with Gasteiger partial charge in [0.1, 0.15) is 6.67 Å². The van der Waals surface area contributed by atoms with Gasteiger partial charge in [-0.1, -0.05) is 0 Å². The second kappa shape index (κ2) is 3.37. The fraction of sp³-hybridized carbons (Fsp3) is 0.600. The van der Waals surface area contributed by atoms with Crippen LogP contribution in [0.25, 0.3) is 0 Å². The molecule has 0 spiro atoms. The van der Waals surface area contributed by atoms with Crippen LogP contribution < -0.4 is 0 Å². The van der Waals surface area contributed by atoms with Gasteiger partial charge in [0.25, 0.3) is 6.08 Å². The van der Waals surface area contributed by atoms with Gasteiger partial charge in [-0.3, -0.25) is 0 Å². The molecular formula is C5H5BrF4. The van der Waals surface area contributed by atoms with E-state index in [2.05, 4.69) is 15.9 Å². The van der Waals surface area contributed by atoms with Crippen LogP contribution in [-0.2, 0) is 0 Å². The lowest BCUT2D eigenvalue weighted by Crippen LogP contribution is -2.13. The maximum absolute atomic E-state index is 12.4. The highest BCUT2D eigenvalue weighted by Gasteiger charge is 2.28. The Morgan fingerprint density at radius 1 is 1.50 bits per heavy atom. The molecule has 0 radical (unpaired) electrons. The van der Waals surface area contributed by atoms with Crippen molar-refractivity contribution in [2.75, 3.05) is 6.67 Å². The smallest absolute Gasteiger partial charge is 0.246 e. The van der Waals surface area contributed by atoms with Crippen molar-refractivity contribution in [1.82, 2.24) is 0 Å². The summed E-state index contributed by atoms with van der Waals surface area (Å²) >= 11 is 2.26. The van der Waals surface area contributed by atoms with Crippen LogP contribution >= 0.6 is 15.9 Å². The highest BCUT2D eigenvalue weighted by Crippen LogP contribution is 2.31. The van der Waals surface area contributed by atoms with Gasteiger partial charge in [0.2, 0.25) is 0 Å². The Morgan fingerprint density at radius 2 is 1.90 bits per heavy atom. The standard InChI is InChI=1S/C5H5BrF4/c1-5(6,10)3(2-7)4(8)9/h2H2,1H3. The van der Waals surface area contributed by atoms with Gasteiger partial charge in [0.15, 0.2) is 4.58 Å². The first-order valence-corrected chi connectivity index (χ1v) is 3.17. The summed E-state index contributed by atoms with van der Waals surface area (Å²) in [6.07, 6.45) is -2.32. The quantitative estimate of drug-likeness (QED) is 0.496. The molecule has 0 aliphatic carbocycles. The van der Waals surface area contributed by atoms with E-state index in [-0.39, 0.29) is 0 Å². The zero-order valence-electron chi connectivity index (χ0n) is 5.10. The summed E-state index contributed by atoms with van der Waals surface area (Å²) in [6.45, 7) is -0.679. The second-order valence-corrected chi connectivity index (χ2v) is 3.25. The Labute approximate surface area is 64.0 Å². The molecule has 0 amide bonds. The maximum atomic E-state index is 12.4. The highest BCUT2D eigenvalue weighted by molar-refractivity contribution is 9.10. The molecule has 1 atom stereocenters. The molecule has 0 saturated heterocycles. The summed E-state index contributed by atoms with van der Waals surface area (Å²) in [4.78, 5) is 0. The van der Waals surface area contributed by atoms with Crippen molar-refractivity contribution in [3.05, 3.63) is 11.7 Å². The number of hydrogen-bond acceptors (Lipinski definition) is 0. The SMILES string of the molecule is CC(F)(Br)C(CF)=C(F)F. The summed E-state index contributed by atoms with van der Waals surface area (Å²) in [5.41, 5.74) is -1.16. The van der Waals surface area contributed by atoms with Crippen LogP contribution in [0.2, 0.25) is 0 Å². The molecule has 0 saturated carbocycles. The van der Waals surface area contributed by atoms with Gasteiger partial charge in [-0.25, -0.2) is 8.78 Å². The fourth-order valence-electron chi connectivity index (χ4n) is 0.334. The van der Waals surface area contributed by atoms with Crippen LogP contribution in [0.5, 0.6) is 0 Å². The molecule has 0 fully saturated rings. The van der Waals surface area contributed by atoms with Gasteiger partial charge in [-0.2, -0.15) is 8.78 Å². The third kappa shape index (κ3) is 2.68. The average Bonchev–Trinajstić information content (AvgIpc) is 1.60. The predicted octanol–water partition coefficient (Wildman–Crippen LogP) is 3.19. The van der Waals surface area contributed by atoms with Crippen LogP contribution in [0, 0.1) is 0 Å². The highest BCUT2D eigenvalue weighted by atomic mass is 79.9. The largest absolute Gasteiger partial charge is 0.276 e. The Bertz CT molecular complexity index is 142. The molecule has 5 heteroatoms. The van der Waals surface area contributed by atoms with Crippen molar-refractivity contribution in [2.45, 2.75) is 11.5 Å². The van der Waals surface area contributed by atoms with E-state index in [0.29, 0.717) is 0 Å². The summed E-state index contributed by atoms with van der Waals surface area (Å²) in [5, 5.41) is 0. The Balaban J connectivity index is 4.55. The third-order valence-electron chi connectivity index (χ3n) is 0.892. The van der Waals surface area contributed by atoms with E-state index in [1.54, 1.807) is 0 Å². The molecule has 60 valence electrons. The topological polar surface area (TPSA) is 0 Å². The lowest BCUT2D eigenvalue weighted by atomic mass is 10.2. The van der Waals surface area contributed by atoms with E-state index in [1.165, 1.54) is 0 Å².